The van der Waals surface area contributed by atoms with Crippen LogP contribution in [0.2, 0.25) is 5.02 Å². The fourth-order valence-corrected chi connectivity index (χ4v) is 1.81. The fourth-order valence-electron chi connectivity index (χ4n) is 1.60. The van der Waals surface area contributed by atoms with Gasteiger partial charge in [0.25, 0.3) is 0 Å². The lowest BCUT2D eigenvalue weighted by molar-refractivity contribution is 0.630. The Morgan fingerprint density at radius 2 is 1.39 bits per heavy atom. The lowest BCUT2D eigenvalue weighted by Gasteiger charge is -2.10. The predicted octanol–water partition coefficient (Wildman–Crippen LogP) is 4.00. The SMILES string of the molecule is Fc1ccccc1NCCNc1ccccc1Cl. The molecule has 2 aromatic carbocycles. The number of nitrogens with one attached hydrogen (secondary N) is 2. The van der Waals surface area contributed by atoms with Crippen molar-refractivity contribution in [1.29, 1.82) is 0 Å². The zero-order valence-electron chi connectivity index (χ0n) is 9.79. The molecule has 18 heavy (non-hydrogen) atoms. The van der Waals surface area contributed by atoms with E-state index < -0.39 is 0 Å². The molecule has 0 aliphatic rings. The van der Waals surface area contributed by atoms with Gasteiger partial charge in [0.1, 0.15) is 5.82 Å². The van der Waals surface area contributed by atoms with Gasteiger partial charge in [-0.3, -0.25) is 0 Å². The molecule has 0 bridgehead atoms. The van der Waals surface area contributed by atoms with Gasteiger partial charge in [-0.1, -0.05) is 35.9 Å². The van der Waals surface area contributed by atoms with Crippen molar-refractivity contribution >= 4 is 23.0 Å². The Hall–Kier alpha value is -1.74. The molecule has 94 valence electrons. The Kier molecular flexibility index (Phi) is 4.42. The normalized spacial score (nSPS) is 10.1. The Labute approximate surface area is 111 Å². The maximum atomic E-state index is 13.3. The topological polar surface area (TPSA) is 24.1 Å². The highest BCUT2D eigenvalue weighted by Gasteiger charge is 1.99. The lowest BCUT2D eigenvalue weighted by atomic mass is 10.3. The summed E-state index contributed by atoms with van der Waals surface area (Å²) in [5.41, 5.74) is 1.40. The third-order valence-electron chi connectivity index (χ3n) is 2.50. The fraction of sp³-hybridized carbons (Fsp3) is 0.143. The van der Waals surface area contributed by atoms with Crippen LogP contribution >= 0.6 is 11.6 Å². The van der Waals surface area contributed by atoms with E-state index in [0.717, 1.165) is 5.69 Å². The van der Waals surface area contributed by atoms with E-state index in [2.05, 4.69) is 10.6 Å². The minimum Gasteiger partial charge on any atom is -0.382 e. The molecular formula is C14H14ClFN2. The minimum atomic E-state index is -0.241. The van der Waals surface area contributed by atoms with Gasteiger partial charge in [0, 0.05) is 13.1 Å². The van der Waals surface area contributed by atoms with E-state index in [1.54, 1.807) is 18.2 Å². The molecule has 2 nitrogen and oxygen atoms in total. The lowest BCUT2D eigenvalue weighted by Crippen LogP contribution is -2.14. The molecule has 0 unspecified atom stereocenters. The Morgan fingerprint density at radius 3 is 2.06 bits per heavy atom. The zero-order valence-corrected chi connectivity index (χ0v) is 10.5. The second kappa shape index (κ2) is 6.26. The third kappa shape index (κ3) is 3.37. The highest BCUT2D eigenvalue weighted by atomic mass is 35.5. The van der Waals surface area contributed by atoms with Gasteiger partial charge in [-0.2, -0.15) is 0 Å². The van der Waals surface area contributed by atoms with Crippen molar-refractivity contribution in [3.05, 3.63) is 59.4 Å². The van der Waals surface area contributed by atoms with Gasteiger partial charge in [-0.05, 0) is 24.3 Å². The molecule has 0 heterocycles. The summed E-state index contributed by atoms with van der Waals surface area (Å²) in [7, 11) is 0. The van der Waals surface area contributed by atoms with Crippen molar-refractivity contribution in [3.8, 4) is 0 Å². The molecule has 4 heteroatoms. The van der Waals surface area contributed by atoms with Gasteiger partial charge in [0.05, 0.1) is 16.4 Å². The molecule has 0 aromatic heterocycles. The summed E-state index contributed by atoms with van der Waals surface area (Å²) >= 11 is 6.00. The molecule has 0 atom stereocenters. The molecule has 0 fully saturated rings. The summed E-state index contributed by atoms with van der Waals surface area (Å²) in [5.74, 6) is -0.241. The first-order chi connectivity index (χ1) is 8.77. The molecule has 0 amide bonds. The van der Waals surface area contributed by atoms with Gasteiger partial charge in [0.15, 0.2) is 0 Å². The highest BCUT2D eigenvalue weighted by molar-refractivity contribution is 6.33. The van der Waals surface area contributed by atoms with Crippen molar-refractivity contribution in [3.63, 3.8) is 0 Å². The van der Waals surface area contributed by atoms with Gasteiger partial charge in [-0.15, -0.1) is 0 Å². The minimum absolute atomic E-state index is 0.241. The Balaban J connectivity index is 1.80. The molecule has 0 spiro atoms. The highest BCUT2D eigenvalue weighted by Crippen LogP contribution is 2.20. The summed E-state index contributed by atoms with van der Waals surface area (Å²) in [4.78, 5) is 0. The molecule has 2 aromatic rings. The van der Waals surface area contributed by atoms with E-state index in [9.17, 15) is 4.39 Å². The van der Waals surface area contributed by atoms with Crippen LogP contribution in [0, 0.1) is 5.82 Å². The van der Waals surface area contributed by atoms with Gasteiger partial charge in [0.2, 0.25) is 0 Å². The second-order valence-corrected chi connectivity index (χ2v) is 4.22. The number of hydrogen-bond donors (Lipinski definition) is 2. The van der Waals surface area contributed by atoms with E-state index in [0.29, 0.717) is 23.8 Å². The monoisotopic (exact) mass is 264 g/mol. The number of anilines is 2. The first-order valence-electron chi connectivity index (χ1n) is 5.74. The van der Waals surface area contributed by atoms with Gasteiger partial charge < -0.3 is 10.6 Å². The van der Waals surface area contributed by atoms with E-state index in [1.165, 1.54) is 6.07 Å². The van der Waals surface area contributed by atoms with Crippen LogP contribution in [0.1, 0.15) is 0 Å². The first-order valence-corrected chi connectivity index (χ1v) is 6.12. The molecule has 0 saturated carbocycles. The summed E-state index contributed by atoms with van der Waals surface area (Å²) in [6.07, 6.45) is 0. The van der Waals surface area contributed by atoms with Crippen molar-refractivity contribution < 1.29 is 4.39 Å². The van der Waals surface area contributed by atoms with Crippen molar-refractivity contribution in [2.75, 3.05) is 23.7 Å². The molecule has 0 saturated heterocycles. The van der Waals surface area contributed by atoms with E-state index in [4.69, 9.17) is 11.6 Å². The number of hydrogen-bond acceptors (Lipinski definition) is 2. The summed E-state index contributed by atoms with van der Waals surface area (Å²) in [6, 6.07) is 14.1. The third-order valence-corrected chi connectivity index (χ3v) is 2.83. The first kappa shape index (κ1) is 12.7. The van der Waals surface area contributed by atoms with Gasteiger partial charge >= 0.3 is 0 Å². The molecule has 0 radical (unpaired) electrons. The average Bonchev–Trinajstić information content (AvgIpc) is 2.38. The molecular weight excluding hydrogens is 251 g/mol. The largest absolute Gasteiger partial charge is 0.382 e. The van der Waals surface area contributed by atoms with Crippen molar-refractivity contribution in [1.82, 2.24) is 0 Å². The quantitative estimate of drug-likeness (QED) is 0.798. The van der Waals surface area contributed by atoms with Crippen molar-refractivity contribution in [2.24, 2.45) is 0 Å². The number of benzene rings is 2. The summed E-state index contributed by atoms with van der Waals surface area (Å²) in [5, 5.41) is 6.89. The smallest absolute Gasteiger partial charge is 0.146 e. The maximum Gasteiger partial charge on any atom is 0.146 e. The van der Waals surface area contributed by atoms with Crippen LogP contribution in [0.15, 0.2) is 48.5 Å². The van der Waals surface area contributed by atoms with Crippen LogP contribution < -0.4 is 10.6 Å². The van der Waals surface area contributed by atoms with Gasteiger partial charge in [-0.25, -0.2) is 4.39 Å². The van der Waals surface area contributed by atoms with Crippen molar-refractivity contribution in [2.45, 2.75) is 0 Å². The number of rotatable bonds is 5. The van der Waals surface area contributed by atoms with E-state index in [-0.39, 0.29) is 5.82 Å². The summed E-state index contributed by atoms with van der Waals surface area (Å²) in [6.45, 7) is 1.28. The van der Waals surface area contributed by atoms with Crippen LogP contribution in [0.3, 0.4) is 0 Å². The maximum absolute atomic E-state index is 13.3. The zero-order chi connectivity index (χ0) is 12.8. The molecule has 0 aliphatic carbocycles. The van der Waals surface area contributed by atoms with Crippen LogP contribution in [-0.2, 0) is 0 Å². The Morgan fingerprint density at radius 1 is 0.833 bits per heavy atom. The number of para-hydroxylation sites is 2. The molecule has 0 aliphatic heterocycles. The van der Waals surface area contributed by atoms with Crippen LogP contribution in [-0.4, -0.2) is 13.1 Å². The average molecular weight is 265 g/mol. The molecule has 2 N–H and O–H groups in total. The van der Waals surface area contributed by atoms with Crippen LogP contribution in [0.25, 0.3) is 0 Å². The second-order valence-electron chi connectivity index (χ2n) is 3.81. The molecule has 2 rings (SSSR count). The number of halogens is 2. The standard InChI is InChI=1S/C14H14ClFN2/c15-11-5-1-3-7-13(11)17-9-10-18-14-8-4-2-6-12(14)16/h1-8,17-18H,9-10H2. The Bertz CT molecular complexity index is 469. The van der Waals surface area contributed by atoms with E-state index in [1.807, 2.05) is 24.3 Å². The summed E-state index contributed by atoms with van der Waals surface area (Å²) < 4.78 is 13.3. The van der Waals surface area contributed by atoms with Crippen LogP contribution in [0.5, 0.6) is 0 Å². The van der Waals surface area contributed by atoms with Crippen LogP contribution in [0.4, 0.5) is 15.8 Å². The predicted molar refractivity (Wildman–Crippen MR) is 74.8 cm³/mol. The van der Waals surface area contributed by atoms with E-state index >= 15 is 0 Å².